The van der Waals surface area contributed by atoms with Crippen LogP contribution in [0.5, 0.6) is 0 Å². The number of urea groups is 1. The van der Waals surface area contributed by atoms with Gasteiger partial charge in [0.25, 0.3) is 5.91 Å². The summed E-state index contributed by atoms with van der Waals surface area (Å²) < 4.78 is 17.5. The van der Waals surface area contributed by atoms with Crippen molar-refractivity contribution >= 4 is 29.5 Å². The van der Waals surface area contributed by atoms with Crippen LogP contribution >= 0.6 is 0 Å². The van der Waals surface area contributed by atoms with Crippen molar-refractivity contribution in [1.82, 2.24) is 10.2 Å². The molecule has 0 unspecified atom stereocenters. The molecule has 2 aliphatic rings. The van der Waals surface area contributed by atoms with E-state index in [9.17, 15) is 23.6 Å². The number of nitrogens with zero attached hydrogens (tertiary/aromatic N) is 2. The van der Waals surface area contributed by atoms with Gasteiger partial charge in [0.2, 0.25) is 0 Å². The number of ether oxygens (including phenoxy) is 1. The first-order chi connectivity index (χ1) is 11.4. The number of carbonyl (C=O) groups excluding carboxylic acids is 4. The monoisotopic (exact) mass is 335 g/mol. The maximum Gasteiger partial charge on any atom is 0.396 e. The van der Waals surface area contributed by atoms with Gasteiger partial charge in [0.05, 0.1) is 18.8 Å². The van der Waals surface area contributed by atoms with Gasteiger partial charge in [0, 0.05) is 6.54 Å². The summed E-state index contributed by atoms with van der Waals surface area (Å²) in [5.74, 6) is -3.17. The molecular formula is C15H14FN3O5. The largest absolute Gasteiger partial charge is 0.462 e. The summed E-state index contributed by atoms with van der Waals surface area (Å²) in [4.78, 5) is 50.4. The predicted molar refractivity (Wildman–Crippen MR) is 78.3 cm³/mol. The summed E-state index contributed by atoms with van der Waals surface area (Å²) in [5, 5.41) is 2.64. The Balaban J connectivity index is 1.91. The van der Waals surface area contributed by atoms with Crippen LogP contribution in [-0.2, 0) is 19.1 Å². The minimum atomic E-state index is -1.08. The predicted octanol–water partition coefficient (Wildman–Crippen LogP) is 0.0244. The van der Waals surface area contributed by atoms with Crippen LogP contribution in [0.1, 0.15) is 6.42 Å². The molecule has 9 heteroatoms. The van der Waals surface area contributed by atoms with Crippen molar-refractivity contribution < 1.29 is 28.3 Å². The van der Waals surface area contributed by atoms with Gasteiger partial charge in [-0.25, -0.2) is 18.9 Å². The van der Waals surface area contributed by atoms with Crippen LogP contribution < -0.4 is 10.2 Å². The Morgan fingerprint density at radius 1 is 1.25 bits per heavy atom. The van der Waals surface area contributed by atoms with Gasteiger partial charge in [-0.1, -0.05) is 0 Å². The van der Waals surface area contributed by atoms with Crippen molar-refractivity contribution in [2.45, 2.75) is 18.5 Å². The third-order valence-corrected chi connectivity index (χ3v) is 4.09. The second kappa shape index (κ2) is 5.91. The molecule has 0 aromatic heterocycles. The number of benzene rings is 1. The molecule has 2 aliphatic heterocycles. The molecule has 1 N–H and O–H groups in total. The van der Waals surface area contributed by atoms with Gasteiger partial charge in [-0.2, -0.15) is 0 Å². The van der Waals surface area contributed by atoms with Crippen molar-refractivity contribution in [2.24, 2.45) is 0 Å². The molecule has 1 aromatic rings. The van der Waals surface area contributed by atoms with Gasteiger partial charge in [-0.05, 0) is 30.7 Å². The number of hydrogen-bond donors (Lipinski definition) is 1. The Hall–Kier alpha value is -2.97. The van der Waals surface area contributed by atoms with Crippen LogP contribution in [0.4, 0.5) is 14.9 Å². The van der Waals surface area contributed by atoms with E-state index in [2.05, 4.69) is 10.1 Å². The lowest BCUT2D eigenvalue weighted by atomic mass is 10.0. The summed E-state index contributed by atoms with van der Waals surface area (Å²) in [5.41, 5.74) is 0.176. The molecule has 2 atom stereocenters. The molecule has 24 heavy (non-hydrogen) atoms. The number of halogens is 1. The number of esters is 1. The summed E-state index contributed by atoms with van der Waals surface area (Å²) in [6.07, 6.45) is 0.349. The lowest BCUT2D eigenvalue weighted by Gasteiger charge is -2.36. The van der Waals surface area contributed by atoms with Crippen molar-refractivity contribution in [3.63, 3.8) is 0 Å². The van der Waals surface area contributed by atoms with Gasteiger partial charge in [-0.15, -0.1) is 0 Å². The number of carbonyl (C=O) groups is 4. The average Bonchev–Trinajstić information content (AvgIpc) is 2.99. The molecule has 2 saturated heterocycles. The molecule has 3 rings (SSSR count). The molecule has 8 nitrogen and oxygen atoms in total. The molecule has 0 saturated carbocycles. The minimum absolute atomic E-state index is 0.145. The van der Waals surface area contributed by atoms with Crippen LogP contribution in [0.2, 0.25) is 0 Å². The molecule has 0 bridgehead atoms. The van der Waals surface area contributed by atoms with Crippen molar-refractivity contribution in [1.29, 1.82) is 0 Å². The molecule has 2 heterocycles. The Labute approximate surface area is 136 Å². The topological polar surface area (TPSA) is 96.0 Å². The summed E-state index contributed by atoms with van der Waals surface area (Å²) >= 11 is 0. The third kappa shape index (κ3) is 2.47. The van der Waals surface area contributed by atoms with Gasteiger partial charge in [0.15, 0.2) is 0 Å². The number of amides is 4. The molecule has 0 aliphatic carbocycles. The van der Waals surface area contributed by atoms with Crippen LogP contribution in [0.3, 0.4) is 0 Å². The fourth-order valence-corrected chi connectivity index (χ4v) is 2.97. The zero-order chi connectivity index (χ0) is 17.4. The van der Waals surface area contributed by atoms with E-state index in [0.717, 1.165) is 29.0 Å². The zero-order valence-corrected chi connectivity index (χ0v) is 12.7. The molecule has 4 amide bonds. The number of methoxy groups -OCH3 is 1. The average molecular weight is 335 g/mol. The summed E-state index contributed by atoms with van der Waals surface area (Å²) in [6.45, 7) is 0.145. The number of hydrogen-bond acceptors (Lipinski definition) is 5. The lowest BCUT2D eigenvalue weighted by molar-refractivity contribution is -0.159. The van der Waals surface area contributed by atoms with Crippen molar-refractivity contribution in [2.75, 3.05) is 18.6 Å². The second-order valence-electron chi connectivity index (χ2n) is 5.43. The standard InChI is InChI=1S/C15H14FN3O5/c1-24-14(22)13(21)18-7-6-10-11(18)12(20)19(15(23)17-10)9-4-2-8(16)3-5-9/h2-5,10-11H,6-7H2,1H3,(H,17,23)/t10-,11+/m1/s1. The van der Waals surface area contributed by atoms with Crippen LogP contribution in [0.15, 0.2) is 24.3 Å². The van der Waals surface area contributed by atoms with Gasteiger partial charge < -0.3 is 15.0 Å². The smallest absolute Gasteiger partial charge is 0.396 e. The second-order valence-corrected chi connectivity index (χ2v) is 5.43. The first kappa shape index (κ1) is 15.9. The number of likely N-dealkylation sites (tertiary alicyclic amines) is 1. The van der Waals surface area contributed by atoms with E-state index in [0.29, 0.717) is 6.42 Å². The van der Waals surface area contributed by atoms with Crippen LogP contribution in [-0.4, -0.2) is 54.5 Å². The highest BCUT2D eigenvalue weighted by Gasteiger charge is 2.51. The number of anilines is 1. The van der Waals surface area contributed by atoms with Crippen LogP contribution in [0.25, 0.3) is 0 Å². The van der Waals surface area contributed by atoms with E-state index in [1.807, 2.05) is 0 Å². The first-order valence-electron chi connectivity index (χ1n) is 7.23. The van der Waals surface area contributed by atoms with E-state index >= 15 is 0 Å². The zero-order valence-electron chi connectivity index (χ0n) is 12.7. The van der Waals surface area contributed by atoms with Crippen molar-refractivity contribution in [3.05, 3.63) is 30.1 Å². The molecule has 0 radical (unpaired) electrons. The molecule has 0 spiro atoms. The Morgan fingerprint density at radius 2 is 1.92 bits per heavy atom. The van der Waals surface area contributed by atoms with E-state index in [-0.39, 0.29) is 12.2 Å². The first-order valence-corrected chi connectivity index (χ1v) is 7.23. The maximum absolute atomic E-state index is 13.1. The van der Waals surface area contributed by atoms with Gasteiger partial charge in [0.1, 0.15) is 11.9 Å². The lowest BCUT2D eigenvalue weighted by Crippen LogP contribution is -2.65. The molecular weight excluding hydrogens is 321 g/mol. The number of nitrogens with one attached hydrogen (secondary N) is 1. The highest BCUT2D eigenvalue weighted by atomic mass is 19.1. The Morgan fingerprint density at radius 3 is 2.54 bits per heavy atom. The minimum Gasteiger partial charge on any atom is -0.462 e. The molecule has 2 fully saturated rings. The normalized spacial score (nSPS) is 22.9. The summed E-state index contributed by atoms with van der Waals surface area (Å²) in [6, 6.07) is 2.58. The van der Waals surface area contributed by atoms with Gasteiger partial charge in [-0.3, -0.25) is 9.59 Å². The maximum atomic E-state index is 13.1. The molecule has 1 aromatic carbocycles. The van der Waals surface area contributed by atoms with Gasteiger partial charge >= 0.3 is 17.9 Å². The van der Waals surface area contributed by atoms with Crippen molar-refractivity contribution in [3.8, 4) is 0 Å². The Bertz CT molecular complexity index is 720. The van der Waals surface area contributed by atoms with E-state index < -0.39 is 41.7 Å². The fraction of sp³-hybridized carbons (Fsp3) is 0.333. The number of rotatable bonds is 1. The molecule has 126 valence electrons. The summed E-state index contributed by atoms with van der Waals surface area (Å²) in [7, 11) is 1.07. The van der Waals surface area contributed by atoms with Crippen LogP contribution in [0, 0.1) is 5.82 Å². The van der Waals surface area contributed by atoms with E-state index in [4.69, 9.17) is 0 Å². The number of imide groups is 1. The van der Waals surface area contributed by atoms with E-state index in [1.165, 1.54) is 12.1 Å². The SMILES string of the molecule is COC(=O)C(=O)N1CC[C@H]2NC(=O)N(c3ccc(F)cc3)C(=O)[C@H]21. The highest BCUT2D eigenvalue weighted by molar-refractivity contribution is 6.33. The number of fused-ring (bicyclic) bond motifs is 1. The fourth-order valence-electron chi connectivity index (χ4n) is 2.97. The third-order valence-electron chi connectivity index (χ3n) is 4.09. The highest BCUT2D eigenvalue weighted by Crippen LogP contribution is 2.28. The quantitative estimate of drug-likeness (QED) is 0.577. The van der Waals surface area contributed by atoms with E-state index in [1.54, 1.807) is 0 Å². The Kier molecular flexibility index (Phi) is 3.92.